The van der Waals surface area contributed by atoms with E-state index in [4.69, 9.17) is 14.7 Å². The molecule has 5 aromatic rings. The first-order chi connectivity index (χ1) is 17.9. The molecular weight excluding hydrogens is 456 g/mol. The Balaban J connectivity index is 1.51. The van der Waals surface area contributed by atoms with E-state index in [-0.39, 0.29) is 11.4 Å². The second kappa shape index (κ2) is 8.11. The van der Waals surface area contributed by atoms with Crippen LogP contribution in [0.15, 0.2) is 72.8 Å². The largest absolute Gasteiger partial charge is 0.487 e. The van der Waals surface area contributed by atoms with Crippen LogP contribution in [0.3, 0.4) is 0 Å². The Morgan fingerprint density at radius 3 is 2.38 bits per heavy atom. The van der Waals surface area contributed by atoms with Gasteiger partial charge < -0.3 is 4.74 Å². The summed E-state index contributed by atoms with van der Waals surface area (Å²) in [6.07, 6.45) is 3.52. The highest BCUT2D eigenvalue weighted by atomic mass is 16.5. The van der Waals surface area contributed by atoms with Crippen LogP contribution in [0.4, 0.5) is 0 Å². The number of carbonyl (C=O) groups excluding carboxylic acids is 1. The highest BCUT2D eigenvalue weighted by molar-refractivity contribution is 6.13. The van der Waals surface area contributed by atoms with Crippen LogP contribution in [-0.4, -0.2) is 21.4 Å². The lowest BCUT2D eigenvalue weighted by molar-refractivity contribution is -0.0115. The minimum atomic E-state index is -0.242. The lowest BCUT2D eigenvalue weighted by atomic mass is 9.64. The fourth-order valence-electron chi connectivity index (χ4n) is 6.79. The van der Waals surface area contributed by atoms with Crippen LogP contribution in [0, 0.1) is 11.8 Å². The molecular formula is C33H30N2O2. The number of rotatable bonds is 2. The third-order valence-corrected chi connectivity index (χ3v) is 8.63. The Labute approximate surface area is 216 Å². The topological polar surface area (TPSA) is 52.1 Å². The van der Waals surface area contributed by atoms with E-state index in [1.54, 1.807) is 0 Å². The first kappa shape index (κ1) is 22.4. The molecule has 1 fully saturated rings. The molecule has 4 heteroatoms. The summed E-state index contributed by atoms with van der Waals surface area (Å²) in [5.41, 5.74) is 5.66. The van der Waals surface area contributed by atoms with Gasteiger partial charge in [-0.3, -0.25) is 4.79 Å². The molecule has 0 bridgehead atoms. The lowest BCUT2D eigenvalue weighted by Crippen LogP contribution is -2.46. The van der Waals surface area contributed by atoms with E-state index in [2.05, 4.69) is 45.0 Å². The number of benzene rings is 4. The molecule has 184 valence electrons. The molecule has 2 aliphatic rings. The fourth-order valence-corrected chi connectivity index (χ4v) is 6.79. The van der Waals surface area contributed by atoms with E-state index in [1.165, 1.54) is 12.0 Å². The Kier molecular flexibility index (Phi) is 4.91. The number of hydrogen-bond donors (Lipinski definition) is 0. The molecule has 3 atom stereocenters. The lowest BCUT2D eigenvalue weighted by Gasteiger charge is -2.49. The van der Waals surface area contributed by atoms with E-state index in [0.29, 0.717) is 28.9 Å². The summed E-state index contributed by atoms with van der Waals surface area (Å²) in [7, 11) is 0. The molecule has 2 heterocycles. The normalized spacial score (nSPS) is 22.4. The summed E-state index contributed by atoms with van der Waals surface area (Å²) >= 11 is 0. The van der Waals surface area contributed by atoms with Crippen molar-refractivity contribution in [2.75, 3.05) is 0 Å². The summed E-state index contributed by atoms with van der Waals surface area (Å²) in [5.74, 6) is 2.43. The Bertz CT molecular complexity index is 1710. The summed E-state index contributed by atoms with van der Waals surface area (Å²) in [6, 6.07) is 23.5. The molecule has 1 saturated carbocycles. The van der Waals surface area contributed by atoms with Crippen LogP contribution < -0.4 is 4.74 Å². The van der Waals surface area contributed by atoms with Gasteiger partial charge in [-0.2, -0.15) is 0 Å². The Hall–Kier alpha value is -3.79. The van der Waals surface area contributed by atoms with E-state index >= 15 is 0 Å². The average molecular weight is 487 g/mol. The maximum Gasteiger partial charge on any atom is 0.193 e. The van der Waals surface area contributed by atoms with Gasteiger partial charge in [-0.1, -0.05) is 67.9 Å². The van der Waals surface area contributed by atoms with Crippen LogP contribution in [0.5, 0.6) is 5.75 Å². The van der Waals surface area contributed by atoms with Crippen LogP contribution in [0.25, 0.3) is 32.8 Å². The summed E-state index contributed by atoms with van der Waals surface area (Å²) in [6.45, 7) is 6.86. The minimum absolute atomic E-state index is 0.00353. The van der Waals surface area contributed by atoms with Gasteiger partial charge in [0.2, 0.25) is 0 Å². The predicted octanol–water partition coefficient (Wildman–Crippen LogP) is 7.86. The van der Waals surface area contributed by atoms with Gasteiger partial charge in [-0.25, -0.2) is 9.97 Å². The molecule has 1 aliphatic heterocycles. The molecule has 4 nitrogen and oxygen atoms in total. The van der Waals surface area contributed by atoms with E-state index in [9.17, 15) is 4.79 Å². The van der Waals surface area contributed by atoms with E-state index in [0.717, 1.165) is 51.4 Å². The average Bonchev–Trinajstić information content (AvgIpc) is 2.91. The van der Waals surface area contributed by atoms with Crippen molar-refractivity contribution in [2.45, 2.75) is 51.6 Å². The maximum absolute atomic E-state index is 13.2. The summed E-state index contributed by atoms with van der Waals surface area (Å²) < 4.78 is 6.86. The standard InChI is InChI=1S/C33H30N2O2/c1-19-13-15-25-24(17-19)28-30-29(22-11-7-8-12-23(22)32(28)37-33(25,2)3)34-26-16-14-21(18-27(26)35-30)31(36)20-9-5-4-6-10-20/h4-12,14,16,18-19,24-25H,13,15,17H2,1-3H3. The molecule has 0 amide bonds. The predicted molar refractivity (Wildman–Crippen MR) is 148 cm³/mol. The summed E-state index contributed by atoms with van der Waals surface area (Å²) in [4.78, 5) is 23.6. The molecule has 1 aliphatic carbocycles. The zero-order valence-electron chi connectivity index (χ0n) is 21.5. The van der Waals surface area contributed by atoms with Gasteiger partial charge in [0.05, 0.1) is 22.1 Å². The van der Waals surface area contributed by atoms with Crippen LogP contribution >= 0.6 is 0 Å². The van der Waals surface area contributed by atoms with Gasteiger partial charge in [0.1, 0.15) is 11.4 Å². The number of fused-ring (bicyclic) bond motifs is 9. The van der Waals surface area contributed by atoms with Crippen molar-refractivity contribution in [3.05, 3.63) is 89.5 Å². The molecule has 3 unspecified atom stereocenters. The third kappa shape index (κ3) is 3.46. The molecule has 4 aromatic carbocycles. The number of carbonyl (C=O) groups is 1. The molecule has 0 saturated heterocycles. The van der Waals surface area contributed by atoms with Crippen LogP contribution in [0.1, 0.15) is 67.4 Å². The van der Waals surface area contributed by atoms with Crippen molar-refractivity contribution in [1.82, 2.24) is 9.97 Å². The second-order valence-electron chi connectivity index (χ2n) is 11.4. The van der Waals surface area contributed by atoms with Gasteiger partial charge in [0, 0.05) is 33.4 Å². The van der Waals surface area contributed by atoms with Gasteiger partial charge in [0.25, 0.3) is 0 Å². The highest BCUT2D eigenvalue weighted by Crippen LogP contribution is 2.56. The fraction of sp³-hybridized carbons (Fsp3) is 0.303. The van der Waals surface area contributed by atoms with Crippen LogP contribution in [-0.2, 0) is 0 Å². The molecule has 0 N–H and O–H groups in total. The number of ketones is 1. The van der Waals surface area contributed by atoms with Gasteiger partial charge in [-0.15, -0.1) is 0 Å². The van der Waals surface area contributed by atoms with Crippen molar-refractivity contribution in [3.8, 4) is 5.75 Å². The van der Waals surface area contributed by atoms with Gasteiger partial charge in [-0.05, 0) is 56.7 Å². The Morgan fingerprint density at radius 2 is 1.57 bits per heavy atom. The van der Waals surface area contributed by atoms with Crippen molar-refractivity contribution < 1.29 is 9.53 Å². The maximum atomic E-state index is 13.2. The first-order valence-electron chi connectivity index (χ1n) is 13.4. The number of hydrogen-bond acceptors (Lipinski definition) is 4. The van der Waals surface area contributed by atoms with Crippen molar-refractivity contribution in [1.29, 1.82) is 0 Å². The second-order valence-corrected chi connectivity index (χ2v) is 11.4. The first-order valence-corrected chi connectivity index (χ1v) is 13.4. The third-order valence-electron chi connectivity index (χ3n) is 8.63. The smallest absolute Gasteiger partial charge is 0.193 e. The molecule has 0 radical (unpaired) electrons. The SMILES string of the molecule is CC1CCC2C(C1)c1c(c3ccccc3c3nc4ccc(C(=O)c5ccccc5)cc4nc13)OC2(C)C. The Morgan fingerprint density at radius 1 is 0.838 bits per heavy atom. The molecule has 0 spiro atoms. The van der Waals surface area contributed by atoms with Gasteiger partial charge in [0.15, 0.2) is 5.78 Å². The van der Waals surface area contributed by atoms with E-state index < -0.39 is 0 Å². The van der Waals surface area contributed by atoms with Crippen LogP contribution in [0.2, 0.25) is 0 Å². The van der Waals surface area contributed by atoms with E-state index in [1.807, 2.05) is 48.5 Å². The molecule has 7 rings (SSSR count). The number of nitrogens with zero attached hydrogens (tertiary/aromatic N) is 2. The van der Waals surface area contributed by atoms with Crippen molar-refractivity contribution in [2.24, 2.45) is 11.8 Å². The number of ether oxygens (including phenoxy) is 1. The number of aromatic nitrogens is 2. The zero-order chi connectivity index (χ0) is 25.3. The molecule has 37 heavy (non-hydrogen) atoms. The van der Waals surface area contributed by atoms with Crippen molar-refractivity contribution in [3.63, 3.8) is 0 Å². The quantitative estimate of drug-likeness (QED) is 0.145. The van der Waals surface area contributed by atoms with Crippen molar-refractivity contribution >= 4 is 38.6 Å². The monoisotopic (exact) mass is 486 g/mol. The summed E-state index contributed by atoms with van der Waals surface area (Å²) in [5, 5.41) is 2.17. The zero-order valence-corrected chi connectivity index (χ0v) is 21.5. The molecule has 1 aromatic heterocycles. The highest BCUT2D eigenvalue weighted by Gasteiger charge is 2.47. The minimum Gasteiger partial charge on any atom is -0.487 e. The van der Waals surface area contributed by atoms with Gasteiger partial charge >= 0.3 is 0 Å².